The van der Waals surface area contributed by atoms with E-state index in [-0.39, 0.29) is 5.56 Å². The normalized spacial score (nSPS) is 9.83. The van der Waals surface area contributed by atoms with Crippen LogP contribution in [0, 0.1) is 0 Å². The second-order valence-electron chi connectivity index (χ2n) is 2.05. The van der Waals surface area contributed by atoms with Gasteiger partial charge in [-0.05, 0) is 11.9 Å². The van der Waals surface area contributed by atoms with Gasteiger partial charge in [-0.25, -0.2) is 8.77 Å². The number of hydrogen-bond acceptors (Lipinski definition) is 4. The van der Waals surface area contributed by atoms with Gasteiger partial charge in [0.15, 0.2) is 0 Å². The lowest BCUT2D eigenvalue weighted by Gasteiger charge is -2.01. The van der Waals surface area contributed by atoms with Crippen LogP contribution in [0.5, 0.6) is 0 Å². The van der Waals surface area contributed by atoms with Crippen LogP contribution in [0.1, 0.15) is 0 Å². The van der Waals surface area contributed by atoms with Crippen molar-refractivity contribution in [2.24, 2.45) is 0 Å². The van der Waals surface area contributed by atoms with E-state index in [1.807, 2.05) is 0 Å². The first kappa shape index (κ1) is 8.92. The van der Waals surface area contributed by atoms with E-state index >= 15 is 0 Å². The Bertz CT molecular complexity index is 350. The van der Waals surface area contributed by atoms with Crippen molar-refractivity contribution in [2.45, 2.75) is 0 Å². The predicted molar refractivity (Wildman–Crippen MR) is 49.8 cm³/mol. The van der Waals surface area contributed by atoms with E-state index in [4.69, 9.17) is 0 Å². The van der Waals surface area contributed by atoms with Crippen LogP contribution in [0.3, 0.4) is 0 Å². The topological polar surface area (TPSA) is 66.9 Å². The zero-order valence-electron chi connectivity index (χ0n) is 6.75. The maximum absolute atomic E-state index is 11.1. The number of nitrogens with one attached hydrogen (secondary N) is 2. The predicted octanol–water partition coefficient (Wildman–Crippen LogP) is -0.296. The average Bonchev–Trinajstić information content (AvgIpc) is 2.03. The van der Waals surface area contributed by atoms with Gasteiger partial charge in [0.25, 0.3) is 5.56 Å². The highest BCUT2D eigenvalue weighted by Gasteiger charge is 2.00. The van der Waals surface area contributed by atoms with Crippen LogP contribution in [0.2, 0.25) is 0 Å². The SMILES string of the molecule is CNc1cc(=O)n(SC)c(=O)[nH]1. The molecule has 0 bridgehead atoms. The van der Waals surface area contributed by atoms with E-state index in [0.717, 1.165) is 15.9 Å². The van der Waals surface area contributed by atoms with Gasteiger partial charge in [-0.2, -0.15) is 0 Å². The van der Waals surface area contributed by atoms with Crippen molar-refractivity contribution in [3.63, 3.8) is 0 Å². The van der Waals surface area contributed by atoms with Crippen molar-refractivity contribution >= 4 is 17.8 Å². The first-order valence-electron chi connectivity index (χ1n) is 3.27. The van der Waals surface area contributed by atoms with E-state index < -0.39 is 5.69 Å². The zero-order valence-corrected chi connectivity index (χ0v) is 7.57. The van der Waals surface area contributed by atoms with Crippen molar-refractivity contribution in [1.82, 2.24) is 8.96 Å². The molecule has 12 heavy (non-hydrogen) atoms. The average molecular weight is 187 g/mol. The minimum Gasteiger partial charge on any atom is -0.374 e. The summed E-state index contributed by atoms with van der Waals surface area (Å²) in [5.41, 5.74) is -0.741. The number of nitrogens with zero attached hydrogens (tertiary/aromatic N) is 1. The molecular formula is C6H9N3O2S. The molecule has 2 N–H and O–H groups in total. The van der Waals surface area contributed by atoms with Gasteiger partial charge in [0.05, 0.1) is 0 Å². The Hall–Kier alpha value is -1.17. The lowest BCUT2D eigenvalue weighted by molar-refractivity contribution is 0.982. The second kappa shape index (κ2) is 3.48. The number of rotatable bonds is 2. The molecule has 1 rings (SSSR count). The molecule has 66 valence electrons. The van der Waals surface area contributed by atoms with Crippen molar-refractivity contribution in [3.05, 3.63) is 26.9 Å². The Morgan fingerprint density at radius 1 is 1.58 bits per heavy atom. The summed E-state index contributed by atoms with van der Waals surface area (Å²) in [5, 5.41) is 2.68. The van der Waals surface area contributed by atoms with Gasteiger partial charge in [-0.1, -0.05) is 0 Å². The molecule has 0 spiro atoms. The minimum absolute atomic E-state index is 0.324. The Balaban J connectivity index is 3.39. The van der Waals surface area contributed by atoms with E-state index in [1.165, 1.54) is 6.07 Å². The highest BCUT2D eigenvalue weighted by Crippen LogP contribution is 1.93. The third kappa shape index (κ3) is 1.53. The molecule has 0 atom stereocenters. The smallest absolute Gasteiger partial charge is 0.340 e. The standard InChI is InChI=1S/C6H9N3O2S/c1-7-4-3-5(10)9(12-2)6(11)8-4/h3,7H,1-2H3,(H,8,11). The molecule has 5 nitrogen and oxygen atoms in total. The molecule has 1 aromatic rings. The number of aromatic amines is 1. The van der Waals surface area contributed by atoms with E-state index in [1.54, 1.807) is 13.3 Å². The van der Waals surface area contributed by atoms with Crippen molar-refractivity contribution in [2.75, 3.05) is 18.6 Å². The van der Waals surface area contributed by atoms with Crippen LogP contribution >= 0.6 is 11.9 Å². The fourth-order valence-electron chi connectivity index (χ4n) is 0.792. The van der Waals surface area contributed by atoms with Crippen LogP contribution < -0.4 is 16.6 Å². The number of aromatic nitrogens is 2. The Morgan fingerprint density at radius 3 is 2.67 bits per heavy atom. The third-order valence-corrected chi connectivity index (χ3v) is 2.06. The molecule has 1 heterocycles. The summed E-state index contributed by atoms with van der Waals surface area (Å²) in [5.74, 6) is 0.426. The molecule has 0 saturated heterocycles. The largest absolute Gasteiger partial charge is 0.374 e. The number of H-pyrrole nitrogens is 1. The van der Waals surface area contributed by atoms with Gasteiger partial charge < -0.3 is 5.32 Å². The molecule has 0 radical (unpaired) electrons. The molecule has 6 heteroatoms. The summed E-state index contributed by atoms with van der Waals surface area (Å²) >= 11 is 1.07. The van der Waals surface area contributed by atoms with Crippen LogP contribution in [-0.2, 0) is 0 Å². The van der Waals surface area contributed by atoms with Gasteiger partial charge in [0.2, 0.25) is 0 Å². The summed E-state index contributed by atoms with van der Waals surface area (Å²) in [6, 6.07) is 1.33. The summed E-state index contributed by atoms with van der Waals surface area (Å²) in [6.07, 6.45) is 1.66. The molecule has 0 amide bonds. The van der Waals surface area contributed by atoms with E-state index in [2.05, 4.69) is 10.3 Å². The lowest BCUT2D eigenvalue weighted by Crippen LogP contribution is -2.30. The van der Waals surface area contributed by atoms with Gasteiger partial charge in [-0.3, -0.25) is 9.78 Å². The van der Waals surface area contributed by atoms with Gasteiger partial charge >= 0.3 is 5.69 Å². The van der Waals surface area contributed by atoms with Gasteiger partial charge in [0, 0.05) is 19.4 Å². The Labute approximate surface area is 72.9 Å². The van der Waals surface area contributed by atoms with Gasteiger partial charge in [-0.15, -0.1) is 0 Å². The molecule has 0 aliphatic rings. The van der Waals surface area contributed by atoms with Crippen molar-refractivity contribution < 1.29 is 0 Å². The lowest BCUT2D eigenvalue weighted by atomic mass is 10.6. The Kier molecular flexibility index (Phi) is 2.59. The number of hydrogen-bond donors (Lipinski definition) is 2. The summed E-state index contributed by atoms with van der Waals surface area (Å²) < 4.78 is 1.04. The molecule has 0 aromatic carbocycles. The highest BCUT2D eigenvalue weighted by molar-refractivity contribution is 7.97. The highest BCUT2D eigenvalue weighted by atomic mass is 32.2. The summed E-state index contributed by atoms with van der Waals surface area (Å²) in [6.45, 7) is 0. The monoisotopic (exact) mass is 187 g/mol. The second-order valence-corrected chi connectivity index (χ2v) is 2.78. The Morgan fingerprint density at radius 2 is 2.25 bits per heavy atom. The maximum Gasteiger partial charge on any atom is 0.340 e. The fourth-order valence-corrected chi connectivity index (χ4v) is 1.24. The minimum atomic E-state index is -0.417. The quantitative estimate of drug-likeness (QED) is 0.667. The fraction of sp³-hybridized carbons (Fsp3) is 0.333. The van der Waals surface area contributed by atoms with Crippen LogP contribution in [0.25, 0.3) is 0 Å². The van der Waals surface area contributed by atoms with Crippen LogP contribution in [0.4, 0.5) is 5.82 Å². The van der Waals surface area contributed by atoms with Gasteiger partial charge in [0.1, 0.15) is 5.82 Å². The first-order valence-corrected chi connectivity index (χ1v) is 4.46. The van der Waals surface area contributed by atoms with Crippen LogP contribution in [-0.4, -0.2) is 22.3 Å². The molecule has 1 aromatic heterocycles. The zero-order chi connectivity index (χ0) is 9.14. The van der Waals surface area contributed by atoms with Crippen molar-refractivity contribution in [1.29, 1.82) is 0 Å². The third-order valence-electron chi connectivity index (χ3n) is 1.35. The maximum atomic E-state index is 11.1. The number of anilines is 1. The van der Waals surface area contributed by atoms with E-state index in [0.29, 0.717) is 5.82 Å². The molecule has 0 unspecified atom stereocenters. The molecular weight excluding hydrogens is 178 g/mol. The summed E-state index contributed by atoms with van der Waals surface area (Å²) in [4.78, 5) is 24.7. The molecule has 0 aliphatic carbocycles. The molecule has 0 aliphatic heterocycles. The van der Waals surface area contributed by atoms with Crippen molar-refractivity contribution in [3.8, 4) is 0 Å². The molecule has 0 fully saturated rings. The van der Waals surface area contributed by atoms with Crippen LogP contribution in [0.15, 0.2) is 15.7 Å². The first-order chi connectivity index (χ1) is 5.69. The molecule has 0 saturated carbocycles. The van der Waals surface area contributed by atoms with E-state index in [9.17, 15) is 9.59 Å². The summed E-state index contributed by atoms with van der Waals surface area (Å²) in [7, 11) is 1.63.